The van der Waals surface area contributed by atoms with Gasteiger partial charge in [0.1, 0.15) is 5.82 Å². The number of sulfone groups is 1. The third-order valence-electron chi connectivity index (χ3n) is 4.16. The summed E-state index contributed by atoms with van der Waals surface area (Å²) in [4.78, 5) is 16.4. The van der Waals surface area contributed by atoms with E-state index in [0.29, 0.717) is 17.8 Å². The van der Waals surface area contributed by atoms with Crippen LogP contribution in [0.2, 0.25) is 0 Å². The Balaban J connectivity index is 1.49. The van der Waals surface area contributed by atoms with Gasteiger partial charge in [-0.1, -0.05) is 30.3 Å². The quantitative estimate of drug-likeness (QED) is 0.819. The molecule has 0 spiro atoms. The smallest absolute Gasteiger partial charge is 0.253 e. The van der Waals surface area contributed by atoms with Crippen LogP contribution in [0.3, 0.4) is 0 Å². The molecule has 1 saturated heterocycles. The fourth-order valence-electron chi connectivity index (χ4n) is 2.79. The molecule has 1 aromatic carbocycles. The van der Waals surface area contributed by atoms with Gasteiger partial charge in [0, 0.05) is 18.8 Å². The number of hydrogen-bond acceptors (Lipinski definition) is 5. The van der Waals surface area contributed by atoms with Crippen LogP contribution in [0.1, 0.15) is 22.3 Å². The van der Waals surface area contributed by atoms with Crippen molar-refractivity contribution in [1.82, 2.24) is 10.3 Å². The number of rotatable bonds is 6. The lowest BCUT2D eigenvalue weighted by Crippen LogP contribution is -2.35. The molecule has 0 aliphatic carbocycles. The predicted octanol–water partition coefficient (Wildman–Crippen LogP) is 1.65. The maximum atomic E-state index is 12.2. The molecule has 0 bridgehead atoms. The van der Waals surface area contributed by atoms with Crippen LogP contribution < -0.4 is 10.6 Å². The van der Waals surface area contributed by atoms with Gasteiger partial charge in [-0.15, -0.1) is 0 Å². The zero-order valence-electron chi connectivity index (χ0n) is 13.8. The predicted molar refractivity (Wildman–Crippen MR) is 97.4 cm³/mol. The first-order valence-corrected chi connectivity index (χ1v) is 10.1. The number of carbonyl (C=O) groups excluding carboxylic acids is 1. The van der Waals surface area contributed by atoms with Gasteiger partial charge in [-0.25, -0.2) is 13.4 Å². The van der Waals surface area contributed by atoms with Crippen LogP contribution >= 0.6 is 0 Å². The molecule has 1 amide bonds. The first kappa shape index (κ1) is 17.4. The number of carbonyl (C=O) groups is 1. The van der Waals surface area contributed by atoms with Gasteiger partial charge >= 0.3 is 0 Å². The summed E-state index contributed by atoms with van der Waals surface area (Å²) in [6, 6.07) is 13.3. The van der Waals surface area contributed by atoms with Crippen LogP contribution in [0.4, 0.5) is 5.82 Å². The van der Waals surface area contributed by atoms with E-state index in [-0.39, 0.29) is 23.5 Å². The van der Waals surface area contributed by atoms with E-state index in [9.17, 15) is 13.2 Å². The number of hydrogen-bond donors (Lipinski definition) is 2. The van der Waals surface area contributed by atoms with Gasteiger partial charge in [0.15, 0.2) is 9.84 Å². The number of amides is 1. The molecule has 132 valence electrons. The van der Waals surface area contributed by atoms with Gasteiger partial charge in [-0.05, 0) is 30.5 Å². The number of nitrogens with zero attached hydrogens (tertiary/aromatic N) is 1. The summed E-state index contributed by atoms with van der Waals surface area (Å²) >= 11 is 0. The summed E-state index contributed by atoms with van der Waals surface area (Å²) in [6.07, 6.45) is 2.87. The minimum absolute atomic E-state index is 0.0191. The number of nitrogens with one attached hydrogen (secondary N) is 2. The highest BCUT2D eigenvalue weighted by atomic mass is 32.2. The summed E-state index contributed by atoms with van der Waals surface area (Å²) in [5, 5.41) is 5.98. The SMILES string of the molecule is O=C(NC1CCS(=O)(=O)C1)c1ccc(NCCc2ccccc2)nc1. The molecule has 1 unspecified atom stereocenters. The molecule has 2 heterocycles. The van der Waals surface area contributed by atoms with Crippen molar-refractivity contribution in [3.63, 3.8) is 0 Å². The lowest BCUT2D eigenvalue weighted by Gasteiger charge is -2.11. The lowest BCUT2D eigenvalue weighted by atomic mass is 10.1. The number of aromatic nitrogens is 1. The van der Waals surface area contributed by atoms with Gasteiger partial charge in [0.25, 0.3) is 5.91 Å². The van der Waals surface area contributed by atoms with Gasteiger partial charge in [-0.2, -0.15) is 0 Å². The molecule has 3 rings (SSSR count). The van der Waals surface area contributed by atoms with Crippen molar-refractivity contribution in [1.29, 1.82) is 0 Å². The van der Waals surface area contributed by atoms with Crippen LogP contribution in [-0.2, 0) is 16.3 Å². The number of benzene rings is 1. The van der Waals surface area contributed by atoms with Gasteiger partial charge in [0.2, 0.25) is 0 Å². The molecule has 7 heteroatoms. The van der Waals surface area contributed by atoms with Crippen LogP contribution in [0.25, 0.3) is 0 Å². The number of anilines is 1. The molecule has 2 N–H and O–H groups in total. The largest absolute Gasteiger partial charge is 0.370 e. The van der Waals surface area contributed by atoms with Crippen LogP contribution in [0, 0.1) is 0 Å². The van der Waals surface area contributed by atoms with Crippen molar-refractivity contribution in [3.05, 3.63) is 59.8 Å². The van der Waals surface area contributed by atoms with Crippen LogP contribution in [0.15, 0.2) is 48.7 Å². The molecule has 0 radical (unpaired) electrons. The second-order valence-corrected chi connectivity index (χ2v) is 8.40. The lowest BCUT2D eigenvalue weighted by molar-refractivity contribution is 0.0941. The Kier molecular flexibility index (Phi) is 5.33. The normalized spacial score (nSPS) is 18.6. The molecular formula is C18H21N3O3S. The highest BCUT2D eigenvalue weighted by Crippen LogP contribution is 2.12. The minimum Gasteiger partial charge on any atom is -0.370 e. The summed E-state index contributed by atoms with van der Waals surface area (Å²) in [5.74, 6) is 0.576. The van der Waals surface area contributed by atoms with E-state index in [1.54, 1.807) is 12.1 Å². The summed E-state index contributed by atoms with van der Waals surface area (Å²) in [7, 11) is -3.00. The van der Waals surface area contributed by atoms with Gasteiger partial charge < -0.3 is 10.6 Å². The van der Waals surface area contributed by atoms with Crippen LogP contribution in [0.5, 0.6) is 0 Å². The molecular weight excluding hydrogens is 338 g/mol. The highest BCUT2D eigenvalue weighted by molar-refractivity contribution is 7.91. The summed E-state index contributed by atoms with van der Waals surface area (Å²) < 4.78 is 22.9. The molecule has 25 heavy (non-hydrogen) atoms. The molecule has 1 atom stereocenters. The Hall–Kier alpha value is -2.41. The van der Waals surface area contributed by atoms with E-state index in [1.165, 1.54) is 11.8 Å². The molecule has 1 fully saturated rings. The first-order chi connectivity index (χ1) is 12.0. The Labute approximate surface area is 147 Å². The second kappa shape index (κ2) is 7.65. The zero-order chi connectivity index (χ0) is 17.7. The summed E-state index contributed by atoms with van der Waals surface area (Å²) in [5.41, 5.74) is 1.68. The van der Waals surface area contributed by atoms with Crippen molar-refractivity contribution in [3.8, 4) is 0 Å². The Morgan fingerprint density at radius 1 is 1.16 bits per heavy atom. The fraction of sp³-hybridized carbons (Fsp3) is 0.333. The summed E-state index contributed by atoms with van der Waals surface area (Å²) in [6.45, 7) is 0.752. The first-order valence-electron chi connectivity index (χ1n) is 8.27. The Morgan fingerprint density at radius 3 is 2.60 bits per heavy atom. The maximum Gasteiger partial charge on any atom is 0.253 e. The van der Waals surface area contributed by atoms with Crippen LogP contribution in [-0.4, -0.2) is 43.4 Å². The fourth-order valence-corrected chi connectivity index (χ4v) is 4.46. The van der Waals surface area contributed by atoms with E-state index in [1.807, 2.05) is 18.2 Å². The topological polar surface area (TPSA) is 88.2 Å². The van der Waals surface area contributed by atoms with Gasteiger partial charge in [-0.3, -0.25) is 4.79 Å². The Bertz CT molecular complexity index is 820. The molecule has 1 aliphatic rings. The maximum absolute atomic E-state index is 12.2. The van der Waals surface area contributed by atoms with E-state index < -0.39 is 9.84 Å². The zero-order valence-corrected chi connectivity index (χ0v) is 14.6. The van der Waals surface area contributed by atoms with E-state index in [2.05, 4.69) is 27.8 Å². The van der Waals surface area contributed by atoms with Gasteiger partial charge in [0.05, 0.1) is 17.1 Å². The van der Waals surface area contributed by atoms with E-state index in [4.69, 9.17) is 0 Å². The Morgan fingerprint density at radius 2 is 1.96 bits per heavy atom. The third kappa shape index (κ3) is 5.03. The standard InChI is InChI=1S/C18H21N3O3S/c22-18(21-16-9-11-25(23,24)13-16)15-6-7-17(20-12-15)19-10-8-14-4-2-1-3-5-14/h1-7,12,16H,8-11,13H2,(H,19,20)(H,21,22). The number of pyridine rings is 1. The molecule has 0 saturated carbocycles. The minimum atomic E-state index is -3.00. The van der Waals surface area contributed by atoms with E-state index >= 15 is 0 Å². The van der Waals surface area contributed by atoms with Crippen molar-refractivity contribution >= 4 is 21.6 Å². The monoisotopic (exact) mass is 359 g/mol. The third-order valence-corrected chi connectivity index (χ3v) is 5.92. The van der Waals surface area contributed by atoms with Crippen molar-refractivity contribution in [2.45, 2.75) is 18.9 Å². The highest BCUT2D eigenvalue weighted by Gasteiger charge is 2.29. The van der Waals surface area contributed by atoms with Crippen molar-refractivity contribution in [2.75, 3.05) is 23.4 Å². The second-order valence-electron chi connectivity index (χ2n) is 6.17. The van der Waals surface area contributed by atoms with Crippen molar-refractivity contribution < 1.29 is 13.2 Å². The average molecular weight is 359 g/mol. The van der Waals surface area contributed by atoms with E-state index in [0.717, 1.165) is 13.0 Å². The average Bonchev–Trinajstić information content (AvgIpc) is 2.95. The molecule has 1 aliphatic heterocycles. The molecule has 1 aromatic heterocycles. The molecule has 6 nitrogen and oxygen atoms in total. The van der Waals surface area contributed by atoms with Crippen molar-refractivity contribution in [2.24, 2.45) is 0 Å². The molecule has 2 aromatic rings.